The normalized spacial score (nSPS) is 37.5. The van der Waals surface area contributed by atoms with E-state index in [4.69, 9.17) is 4.42 Å². The molecule has 0 aromatic carbocycles. The molecule has 2 unspecified atom stereocenters. The van der Waals surface area contributed by atoms with Crippen LogP contribution in [-0.2, 0) is 6.42 Å². The third-order valence-corrected chi connectivity index (χ3v) is 5.81. The summed E-state index contributed by atoms with van der Waals surface area (Å²) in [6.07, 6.45) is 5.06. The molecule has 3 saturated heterocycles. The minimum atomic E-state index is 0.336. The van der Waals surface area contributed by atoms with Crippen LogP contribution in [0.2, 0.25) is 0 Å². The number of aryl methyl sites for hydroxylation is 1. The first kappa shape index (κ1) is 13.8. The third-order valence-electron chi connectivity index (χ3n) is 5.81. The Hall–Kier alpha value is -0.800. The van der Waals surface area contributed by atoms with E-state index in [1.54, 1.807) is 0 Å². The highest BCUT2D eigenvalue weighted by atomic mass is 16.3. The Balaban J connectivity index is 1.56. The van der Waals surface area contributed by atoms with Gasteiger partial charge in [0, 0.05) is 30.6 Å². The Kier molecular flexibility index (Phi) is 3.20. The van der Waals surface area contributed by atoms with Gasteiger partial charge in [0.2, 0.25) is 0 Å². The van der Waals surface area contributed by atoms with E-state index in [0.29, 0.717) is 17.5 Å². The Morgan fingerprint density at radius 3 is 2.71 bits per heavy atom. The predicted molar refractivity (Wildman–Crippen MR) is 84.4 cm³/mol. The largest absolute Gasteiger partial charge is 0.466 e. The van der Waals surface area contributed by atoms with Gasteiger partial charge in [-0.25, -0.2) is 0 Å². The standard InChI is InChI=1S/C18H28N2O/c1-12-8-14-15(9-18(2,3)10-17(14)21-12)19-16-11-20-6-4-13(16)5-7-20/h8,13,15-16,19H,4-7,9-11H2,1-3H3. The second-order valence-electron chi connectivity index (χ2n) is 8.24. The average Bonchev–Trinajstić information content (AvgIpc) is 2.79. The first-order valence-electron chi connectivity index (χ1n) is 8.58. The average molecular weight is 288 g/mol. The fourth-order valence-corrected chi connectivity index (χ4v) is 4.75. The molecule has 2 atom stereocenters. The zero-order valence-corrected chi connectivity index (χ0v) is 13.6. The van der Waals surface area contributed by atoms with Gasteiger partial charge in [0.25, 0.3) is 0 Å². The first-order valence-corrected chi connectivity index (χ1v) is 8.58. The Bertz CT molecular complexity index is 525. The molecule has 21 heavy (non-hydrogen) atoms. The molecule has 5 rings (SSSR count). The van der Waals surface area contributed by atoms with Gasteiger partial charge in [-0.05, 0) is 56.7 Å². The van der Waals surface area contributed by atoms with Crippen molar-refractivity contribution in [3.05, 3.63) is 23.2 Å². The molecule has 3 heteroatoms. The van der Waals surface area contributed by atoms with Crippen LogP contribution >= 0.6 is 0 Å². The molecule has 116 valence electrons. The van der Waals surface area contributed by atoms with E-state index < -0.39 is 0 Å². The molecule has 3 fully saturated rings. The number of fused-ring (bicyclic) bond motifs is 4. The van der Waals surface area contributed by atoms with Gasteiger partial charge in [-0.15, -0.1) is 0 Å². The van der Waals surface area contributed by atoms with Crippen molar-refractivity contribution >= 4 is 0 Å². The number of hydrogen-bond acceptors (Lipinski definition) is 3. The van der Waals surface area contributed by atoms with Crippen molar-refractivity contribution in [2.75, 3.05) is 19.6 Å². The van der Waals surface area contributed by atoms with E-state index in [-0.39, 0.29) is 0 Å². The van der Waals surface area contributed by atoms with Gasteiger partial charge in [0.05, 0.1) is 0 Å². The predicted octanol–water partition coefficient (Wildman–Crippen LogP) is 3.29. The molecule has 1 aromatic heterocycles. The van der Waals surface area contributed by atoms with E-state index in [0.717, 1.165) is 18.1 Å². The van der Waals surface area contributed by atoms with Gasteiger partial charge in [0.1, 0.15) is 11.5 Å². The highest BCUT2D eigenvalue weighted by Gasteiger charge is 2.39. The fraction of sp³-hybridized carbons (Fsp3) is 0.778. The zero-order valence-electron chi connectivity index (χ0n) is 13.6. The van der Waals surface area contributed by atoms with E-state index >= 15 is 0 Å². The van der Waals surface area contributed by atoms with Crippen LogP contribution in [0, 0.1) is 18.3 Å². The summed E-state index contributed by atoms with van der Waals surface area (Å²) in [5, 5.41) is 4.01. The number of nitrogens with one attached hydrogen (secondary N) is 1. The van der Waals surface area contributed by atoms with E-state index in [1.165, 1.54) is 50.2 Å². The minimum Gasteiger partial charge on any atom is -0.466 e. The van der Waals surface area contributed by atoms with E-state index in [2.05, 4.69) is 37.1 Å². The van der Waals surface area contributed by atoms with Crippen molar-refractivity contribution in [3.63, 3.8) is 0 Å². The molecular weight excluding hydrogens is 260 g/mol. The highest BCUT2D eigenvalue weighted by molar-refractivity contribution is 5.29. The number of furan rings is 1. The van der Waals surface area contributed by atoms with E-state index in [1.807, 2.05) is 0 Å². The van der Waals surface area contributed by atoms with Crippen molar-refractivity contribution in [1.82, 2.24) is 10.2 Å². The van der Waals surface area contributed by atoms with Crippen LogP contribution in [0.3, 0.4) is 0 Å². The van der Waals surface area contributed by atoms with Crippen LogP contribution in [0.1, 0.15) is 56.2 Å². The number of hydrogen-bond donors (Lipinski definition) is 1. The summed E-state index contributed by atoms with van der Waals surface area (Å²) in [5.74, 6) is 3.18. The monoisotopic (exact) mass is 288 g/mol. The van der Waals surface area contributed by atoms with Crippen LogP contribution in [-0.4, -0.2) is 30.6 Å². The summed E-state index contributed by atoms with van der Waals surface area (Å²) < 4.78 is 5.97. The van der Waals surface area contributed by atoms with Crippen molar-refractivity contribution < 1.29 is 4.42 Å². The SMILES string of the molecule is Cc1cc2c(o1)CC(C)(C)CC2NC1CN2CCC1CC2. The summed E-state index contributed by atoms with van der Waals surface area (Å²) >= 11 is 0. The van der Waals surface area contributed by atoms with E-state index in [9.17, 15) is 0 Å². The molecule has 4 heterocycles. The van der Waals surface area contributed by atoms with Gasteiger partial charge in [-0.1, -0.05) is 13.8 Å². The van der Waals surface area contributed by atoms with Crippen molar-refractivity contribution in [2.45, 2.75) is 58.5 Å². The lowest BCUT2D eigenvalue weighted by atomic mass is 9.74. The maximum Gasteiger partial charge on any atom is 0.109 e. The molecule has 0 saturated carbocycles. The Morgan fingerprint density at radius 2 is 2.05 bits per heavy atom. The topological polar surface area (TPSA) is 28.4 Å². The number of nitrogens with zero attached hydrogens (tertiary/aromatic N) is 1. The van der Waals surface area contributed by atoms with Crippen LogP contribution in [0.5, 0.6) is 0 Å². The second kappa shape index (κ2) is 4.85. The van der Waals surface area contributed by atoms with Crippen LogP contribution in [0.25, 0.3) is 0 Å². The van der Waals surface area contributed by atoms with Gasteiger partial charge < -0.3 is 14.6 Å². The minimum absolute atomic E-state index is 0.336. The van der Waals surface area contributed by atoms with Gasteiger partial charge in [-0.3, -0.25) is 0 Å². The molecule has 4 aliphatic rings. The molecule has 1 aromatic rings. The molecule has 1 aliphatic carbocycles. The maximum atomic E-state index is 5.97. The first-order chi connectivity index (χ1) is 10.00. The lowest BCUT2D eigenvalue weighted by Crippen LogP contribution is -2.57. The maximum absolute atomic E-state index is 5.97. The van der Waals surface area contributed by atoms with Crippen LogP contribution in [0.4, 0.5) is 0 Å². The van der Waals surface area contributed by atoms with Crippen molar-refractivity contribution in [1.29, 1.82) is 0 Å². The van der Waals surface area contributed by atoms with Crippen molar-refractivity contribution in [3.8, 4) is 0 Å². The molecular formula is C18H28N2O. The number of rotatable bonds is 2. The quantitative estimate of drug-likeness (QED) is 0.905. The second-order valence-corrected chi connectivity index (χ2v) is 8.24. The van der Waals surface area contributed by atoms with Crippen LogP contribution < -0.4 is 5.32 Å². The Morgan fingerprint density at radius 1 is 1.29 bits per heavy atom. The highest BCUT2D eigenvalue weighted by Crippen LogP contribution is 2.43. The molecule has 0 amide bonds. The number of piperidine rings is 3. The third kappa shape index (κ3) is 2.55. The smallest absolute Gasteiger partial charge is 0.109 e. The summed E-state index contributed by atoms with van der Waals surface area (Å²) in [4.78, 5) is 2.63. The zero-order chi connectivity index (χ0) is 14.6. The Labute approximate surface area is 128 Å². The van der Waals surface area contributed by atoms with Crippen molar-refractivity contribution in [2.24, 2.45) is 11.3 Å². The molecule has 3 aliphatic heterocycles. The molecule has 0 radical (unpaired) electrons. The van der Waals surface area contributed by atoms with Gasteiger partial charge >= 0.3 is 0 Å². The summed E-state index contributed by atoms with van der Waals surface area (Å²) in [6, 6.07) is 3.42. The summed E-state index contributed by atoms with van der Waals surface area (Å²) in [6.45, 7) is 10.7. The van der Waals surface area contributed by atoms with Crippen LogP contribution in [0.15, 0.2) is 10.5 Å². The molecule has 2 bridgehead atoms. The summed E-state index contributed by atoms with van der Waals surface area (Å²) in [5.41, 5.74) is 1.77. The fourth-order valence-electron chi connectivity index (χ4n) is 4.75. The van der Waals surface area contributed by atoms with Gasteiger partial charge in [-0.2, -0.15) is 0 Å². The lowest BCUT2D eigenvalue weighted by Gasteiger charge is -2.47. The molecule has 3 nitrogen and oxygen atoms in total. The summed E-state index contributed by atoms with van der Waals surface area (Å²) in [7, 11) is 0. The molecule has 0 spiro atoms. The lowest BCUT2D eigenvalue weighted by molar-refractivity contribution is 0.0611. The molecule has 1 N–H and O–H groups in total. The van der Waals surface area contributed by atoms with Gasteiger partial charge in [0.15, 0.2) is 0 Å².